The monoisotopic (exact) mass is 270 g/mol. The van der Waals surface area contributed by atoms with Crippen molar-refractivity contribution in [3.63, 3.8) is 0 Å². The molecular weight excluding hydrogens is 244 g/mol. The van der Waals surface area contributed by atoms with Gasteiger partial charge >= 0.3 is 5.97 Å². The van der Waals surface area contributed by atoms with Crippen LogP contribution in [0.5, 0.6) is 0 Å². The van der Waals surface area contributed by atoms with Crippen LogP contribution >= 0.6 is 0 Å². The van der Waals surface area contributed by atoms with Gasteiger partial charge in [0, 0.05) is 13.5 Å². The van der Waals surface area contributed by atoms with Crippen molar-refractivity contribution >= 4 is 11.9 Å². The van der Waals surface area contributed by atoms with Crippen molar-refractivity contribution in [3.8, 4) is 0 Å². The number of rotatable bonds is 7. The Morgan fingerprint density at radius 2 is 1.95 bits per heavy atom. The summed E-state index contributed by atoms with van der Waals surface area (Å²) in [6, 6.07) is -0.589. The average Bonchev–Trinajstić information content (AvgIpc) is 2.42. The molecular formula is C14H26N2O3. The third-order valence-electron chi connectivity index (χ3n) is 3.67. The van der Waals surface area contributed by atoms with Gasteiger partial charge in [-0.05, 0) is 18.9 Å². The van der Waals surface area contributed by atoms with Gasteiger partial charge in [0.2, 0.25) is 5.91 Å². The van der Waals surface area contributed by atoms with Gasteiger partial charge < -0.3 is 15.4 Å². The Balaban J connectivity index is 2.19. The first-order chi connectivity index (χ1) is 9.13. The maximum absolute atomic E-state index is 11.5. The molecule has 0 radical (unpaired) electrons. The molecule has 0 aromatic carbocycles. The molecule has 1 atom stereocenters. The van der Waals surface area contributed by atoms with E-state index in [9.17, 15) is 9.59 Å². The lowest BCUT2D eigenvalue weighted by atomic mass is 9.87. The Bertz CT molecular complexity index is 288. The van der Waals surface area contributed by atoms with Crippen LogP contribution in [-0.4, -0.2) is 38.1 Å². The number of ether oxygens (including phenoxy) is 1. The molecule has 0 spiro atoms. The molecule has 1 aliphatic rings. The SMILES string of the molecule is COC(=O)C(CNCCC1CCCCC1)NC(C)=O. The van der Waals surface area contributed by atoms with Gasteiger partial charge in [-0.1, -0.05) is 32.1 Å². The number of carbonyl (C=O) groups is 2. The molecule has 1 saturated carbocycles. The molecule has 19 heavy (non-hydrogen) atoms. The second-order valence-electron chi connectivity index (χ2n) is 5.27. The second kappa shape index (κ2) is 8.91. The van der Waals surface area contributed by atoms with Gasteiger partial charge in [0.1, 0.15) is 6.04 Å². The van der Waals surface area contributed by atoms with E-state index >= 15 is 0 Å². The van der Waals surface area contributed by atoms with E-state index in [4.69, 9.17) is 0 Å². The minimum atomic E-state index is -0.589. The summed E-state index contributed by atoms with van der Waals surface area (Å²) in [4.78, 5) is 22.5. The predicted molar refractivity (Wildman–Crippen MR) is 73.7 cm³/mol. The number of hydrogen-bond donors (Lipinski definition) is 2. The molecule has 1 aliphatic carbocycles. The molecule has 0 aliphatic heterocycles. The molecule has 1 rings (SSSR count). The van der Waals surface area contributed by atoms with Gasteiger partial charge in [-0.2, -0.15) is 0 Å². The number of nitrogens with one attached hydrogen (secondary N) is 2. The smallest absolute Gasteiger partial charge is 0.329 e. The summed E-state index contributed by atoms with van der Waals surface area (Å²) >= 11 is 0. The molecule has 5 heteroatoms. The van der Waals surface area contributed by atoms with E-state index in [0.717, 1.165) is 18.9 Å². The first kappa shape index (κ1) is 16.0. The molecule has 0 aromatic rings. The maximum Gasteiger partial charge on any atom is 0.329 e. The molecule has 0 bridgehead atoms. The van der Waals surface area contributed by atoms with Gasteiger partial charge in [0.25, 0.3) is 0 Å². The van der Waals surface area contributed by atoms with Crippen LogP contribution in [0.2, 0.25) is 0 Å². The molecule has 0 aromatic heterocycles. The van der Waals surface area contributed by atoms with Crippen LogP contribution in [0.1, 0.15) is 45.4 Å². The van der Waals surface area contributed by atoms with Gasteiger partial charge in [0.05, 0.1) is 7.11 Å². The van der Waals surface area contributed by atoms with Crippen molar-refractivity contribution in [2.24, 2.45) is 5.92 Å². The van der Waals surface area contributed by atoms with Crippen molar-refractivity contribution in [1.29, 1.82) is 0 Å². The van der Waals surface area contributed by atoms with E-state index in [1.807, 2.05) is 0 Å². The second-order valence-corrected chi connectivity index (χ2v) is 5.27. The van der Waals surface area contributed by atoms with Gasteiger partial charge in [-0.3, -0.25) is 4.79 Å². The highest BCUT2D eigenvalue weighted by Crippen LogP contribution is 2.25. The largest absolute Gasteiger partial charge is 0.467 e. The summed E-state index contributed by atoms with van der Waals surface area (Å²) in [6.45, 7) is 2.72. The fourth-order valence-corrected chi connectivity index (χ4v) is 2.61. The number of esters is 1. The van der Waals surface area contributed by atoms with Crippen LogP contribution in [0.25, 0.3) is 0 Å². The first-order valence-corrected chi connectivity index (χ1v) is 7.19. The zero-order valence-corrected chi connectivity index (χ0v) is 12.0. The molecule has 1 fully saturated rings. The van der Waals surface area contributed by atoms with E-state index in [0.29, 0.717) is 6.54 Å². The number of methoxy groups -OCH3 is 1. The minimum Gasteiger partial charge on any atom is -0.467 e. The molecule has 1 unspecified atom stereocenters. The van der Waals surface area contributed by atoms with Crippen molar-refractivity contribution < 1.29 is 14.3 Å². The summed E-state index contributed by atoms with van der Waals surface area (Å²) in [6.07, 6.45) is 7.87. The van der Waals surface area contributed by atoms with Crippen molar-refractivity contribution in [1.82, 2.24) is 10.6 Å². The Labute approximate surface area is 115 Å². The van der Waals surface area contributed by atoms with Gasteiger partial charge in [0.15, 0.2) is 0 Å². The molecule has 1 amide bonds. The minimum absolute atomic E-state index is 0.218. The van der Waals surface area contributed by atoms with Crippen LogP contribution in [0.4, 0.5) is 0 Å². The van der Waals surface area contributed by atoms with Crippen molar-refractivity contribution in [2.75, 3.05) is 20.2 Å². The lowest BCUT2D eigenvalue weighted by Gasteiger charge is -2.22. The molecule has 2 N–H and O–H groups in total. The maximum atomic E-state index is 11.5. The Kier molecular flexibility index (Phi) is 7.48. The van der Waals surface area contributed by atoms with Gasteiger partial charge in [-0.25, -0.2) is 4.79 Å². The zero-order chi connectivity index (χ0) is 14.1. The first-order valence-electron chi connectivity index (χ1n) is 7.19. The van der Waals surface area contributed by atoms with Crippen LogP contribution in [0.15, 0.2) is 0 Å². The van der Waals surface area contributed by atoms with Crippen molar-refractivity contribution in [2.45, 2.75) is 51.5 Å². The number of carbonyl (C=O) groups excluding carboxylic acids is 2. The summed E-state index contributed by atoms with van der Waals surface area (Å²) < 4.78 is 4.67. The molecule has 0 saturated heterocycles. The Morgan fingerprint density at radius 3 is 2.53 bits per heavy atom. The standard InChI is InChI=1S/C14H26N2O3/c1-11(17)16-13(14(18)19-2)10-15-9-8-12-6-4-3-5-7-12/h12-13,15H,3-10H2,1-2H3,(H,16,17). The molecule has 5 nitrogen and oxygen atoms in total. The van der Waals surface area contributed by atoms with E-state index in [2.05, 4.69) is 15.4 Å². The predicted octanol–water partition coefficient (Wildman–Crippen LogP) is 1.22. The summed E-state index contributed by atoms with van der Waals surface area (Å²) in [7, 11) is 1.33. The van der Waals surface area contributed by atoms with Crippen LogP contribution in [0.3, 0.4) is 0 Å². The van der Waals surface area contributed by atoms with Gasteiger partial charge in [-0.15, -0.1) is 0 Å². The topological polar surface area (TPSA) is 67.4 Å². The Morgan fingerprint density at radius 1 is 1.26 bits per heavy atom. The summed E-state index contributed by atoms with van der Waals surface area (Å²) in [5.41, 5.74) is 0. The quantitative estimate of drug-likeness (QED) is 0.539. The number of amides is 1. The lowest BCUT2D eigenvalue weighted by molar-refractivity contribution is -0.144. The fraction of sp³-hybridized carbons (Fsp3) is 0.857. The van der Waals surface area contributed by atoms with Crippen LogP contribution in [0, 0.1) is 5.92 Å². The third-order valence-corrected chi connectivity index (χ3v) is 3.67. The highest BCUT2D eigenvalue weighted by atomic mass is 16.5. The van der Waals surface area contributed by atoms with E-state index in [1.54, 1.807) is 0 Å². The summed E-state index contributed by atoms with van der Waals surface area (Å²) in [5, 5.41) is 5.83. The normalized spacial score (nSPS) is 17.8. The highest BCUT2D eigenvalue weighted by molar-refractivity contribution is 5.83. The highest BCUT2D eigenvalue weighted by Gasteiger charge is 2.19. The van der Waals surface area contributed by atoms with E-state index < -0.39 is 12.0 Å². The zero-order valence-electron chi connectivity index (χ0n) is 12.0. The Hall–Kier alpha value is -1.10. The van der Waals surface area contributed by atoms with E-state index in [1.165, 1.54) is 46.1 Å². The summed E-state index contributed by atoms with van der Waals surface area (Å²) in [5.74, 6) is 0.198. The van der Waals surface area contributed by atoms with Crippen molar-refractivity contribution in [3.05, 3.63) is 0 Å². The van der Waals surface area contributed by atoms with Crippen LogP contribution < -0.4 is 10.6 Å². The lowest BCUT2D eigenvalue weighted by Crippen LogP contribution is -2.47. The number of hydrogen-bond acceptors (Lipinski definition) is 4. The fourth-order valence-electron chi connectivity index (χ4n) is 2.61. The third kappa shape index (κ3) is 6.57. The van der Waals surface area contributed by atoms with E-state index in [-0.39, 0.29) is 5.91 Å². The van der Waals surface area contributed by atoms with Crippen LogP contribution in [-0.2, 0) is 14.3 Å². The molecule has 0 heterocycles. The molecule has 110 valence electrons. The average molecular weight is 270 g/mol.